The van der Waals surface area contributed by atoms with Crippen molar-refractivity contribution in [3.63, 3.8) is 0 Å². The number of aromatic nitrogens is 5. The monoisotopic (exact) mass is 438 g/mol. The minimum absolute atomic E-state index is 0.0983. The van der Waals surface area contributed by atoms with E-state index in [1.807, 2.05) is 16.7 Å². The van der Waals surface area contributed by atoms with Crippen LogP contribution in [0.5, 0.6) is 0 Å². The fourth-order valence-corrected chi connectivity index (χ4v) is 4.49. The van der Waals surface area contributed by atoms with Crippen LogP contribution < -0.4 is 5.32 Å². The number of benzene rings is 1. The maximum Gasteiger partial charge on any atom is 0.235 e. The Morgan fingerprint density at radius 3 is 3.00 bits per heavy atom. The highest BCUT2D eigenvalue weighted by Crippen LogP contribution is 2.18. The van der Waals surface area contributed by atoms with Gasteiger partial charge in [-0.15, -0.1) is 21.5 Å². The number of amides is 1. The lowest BCUT2D eigenvalue weighted by molar-refractivity contribution is -0.113. The quantitative estimate of drug-likeness (QED) is 0.402. The molecule has 0 aliphatic rings. The molecular weight excluding hydrogens is 416 g/mol. The molecule has 3 heterocycles. The van der Waals surface area contributed by atoms with Gasteiger partial charge in [0.2, 0.25) is 5.91 Å². The van der Waals surface area contributed by atoms with Crippen molar-refractivity contribution >= 4 is 34.8 Å². The maximum atomic E-state index is 12.5. The molecule has 154 valence electrons. The molecule has 0 saturated heterocycles. The van der Waals surface area contributed by atoms with E-state index >= 15 is 0 Å². The van der Waals surface area contributed by atoms with Crippen molar-refractivity contribution in [1.29, 1.82) is 0 Å². The summed E-state index contributed by atoms with van der Waals surface area (Å²) in [6.45, 7) is 3.46. The van der Waals surface area contributed by atoms with E-state index in [1.54, 1.807) is 28.5 Å². The standard InChI is InChI=1S/C21H22N6OS2/c1-16-4-2-5-17(12-16)13-27-19(7-9-23-27)24-20(28)14-30-21-25-22-15-26(21)10-8-18-6-3-11-29-18/h2-7,9,11-12,15H,8,10,13-14H2,1H3,(H,24,28). The van der Waals surface area contributed by atoms with Crippen LogP contribution in [0.1, 0.15) is 16.0 Å². The van der Waals surface area contributed by atoms with Gasteiger partial charge >= 0.3 is 0 Å². The predicted octanol–water partition coefficient (Wildman–Crippen LogP) is 3.87. The molecule has 0 unspecified atom stereocenters. The Bertz CT molecular complexity index is 1100. The van der Waals surface area contributed by atoms with Crippen LogP contribution >= 0.6 is 23.1 Å². The van der Waals surface area contributed by atoms with Gasteiger partial charge in [0.05, 0.1) is 18.5 Å². The first kappa shape index (κ1) is 20.4. The average molecular weight is 439 g/mol. The number of nitrogens with zero attached hydrogens (tertiary/aromatic N) is 5. The number of hydrogen-bond acceptors (Lipinski definition) is 6. The van der Waals surface area contributed by atoms with Crippen LogP contribution in [0.2, 0.25) is 0 Å². The first-order chi connectivity index (χ1) is 14.7. The first-order valence-electron chi connectivity index (χ1n) is 9.57. The van der Waals surface area contributed by atoms with Gasteiger partial charge in [0.1, 0.15) is 12.1 Å². The third-order valence-corrected chi connectivity index (χ3v) is 6.41. The van der Waals surface area contributed by atoms with Crippen LogP contribution in [0.15, 0.2) is 65.5 Å². The van der Waals surface area contributed by atoms with Gasteiger partial charge in [-0.3, -0.25) is 4.79 Å². The molecule has 1 aromatic carbocycles. The molecule has 0 aliphatic heterocycles. The fraction of sp³-hybridized carbons (Fsp3) is 0.238. The van der Waals surface area contributed by atoms with Crippen molar-refractivity contribution in [1.82, 2.24) is 24.5 Å². The van der Waals surface area contributed by atoms with E-state index in [4.69, 9.17) is 0 Å². The van der Waals surface area contributed by atoms with Crippen molar-refractivity contribution in [2.24, 2.45) is 0 Å². The molecule has 7 nitrogen and oxygen atoms in total. The van der Waals surface area contributed by atoms with Gasteiger partial charge in [-0.1, -0.05) is 47.7 Å². The largest absolute Gasteiger partial charge is 0.310 e. The van der Waals surface area contributed by atoms with Gasteiger partial charge in [0.15, 0.2) is 5.16 Å². The molecule has 9 heteroatoms. The molecule has 0 fully saturated rings. The van der Waals surface area contributed by atoms with Crippen molar-refractivity contribution in [2.45, 2.75) is 31.6 Å². The summed E-state index contributed by atoms with van der Waals surface area (Å²) in [6.07, 6.45) is 4.33. The molecule has 1 amide bonds. The van der Waals surface area contributed by atoms with Crippen molar-refractivity contribution in [2.75, 3.05) is 11.1 Å². The van der Waals surface area contributed by atoms with Gasteiger partial charge in [0.25, 0.3) is 0 Å². The summed E-state index contributed by atoms with van der Waals surface area (Å²) in [5.74, 6) is 0.841. The Kier molecular flexibility index (Phi) is 6.60. The second kappa shape index (κ2) is 9.73. The van der Waals surface area contributed by atoms with Gasteiger partial charge in [0, 0.05) is 17.5 Å². The number of thiophene rings is 1. The summed E-state index contributed by atoms with van der Waals surface area (Å²) in [5, 5.41) is 18.2. The van der Waals surface area contributed by atoms with Crippen LogP contribution in [0.3, 0.4) is 0 Å². The van der Waals surface area contributed by atoms with Gasteiger partial charge in [-0.2, -0.15) is 5.10 Å². The Labute approximate surface area is 183 Å². The summed E-state index contributed by atoms with van der Waals surface area (Å²) < 4.78 is 3.78. The molecule has 0 saturated carbocycles. The van der Waals surface area contributed by atoms with Crippen LogP contribution in [-0.4, -0.2) is 36.2 Å². The van der Waals surface area contributed by atoms with E-state index in [0.717, 1.165) is 23.7 Å². The highest BCUT2D eigenvalue weighted by atomic mass is 32.2. The molecule has 0 radical (unpaired) electrons. The molecule has 30 heavy (non-hydrogen) atoms. The third kappa shape index (κ3) is 5.37. The van der Waals surface area contributed by atoms with Gasteiger partial charge in [-0.05, 0) is 30.4 Å². The number of aryl methyl sites for hydroxylation is 3. The molecule has 0 spiro atoms. The van der Waals surface area contributed by atoms with E-state index in [-0.39, 0.29) is 11.7 Å². The maximum absolute atomic E-state index is 12.5. The molecule has 0 aliphatic carbocycles. The SMILES string of the molecule is Cc1cccc(Cn2nccc2NC(=O)CSc2nncn2CCc2cccs2)c1. The van der Waals surface area contributed by atoms with E-state index in [0.29, 0.717) is 12.4 Å². The highest BCUT2D eigenvalue weighted by molar-refractivity contribution is 7.99. The summed E-state index contributed by atoms with van der Waals surface area (Å²) in [5.41, 5.74) is 2.34. The molecule has 4 aromatic rings. The minimum atomic E-state index is -0.0983. The van der Waals surface area contributed by atoms with Gasteiger partial charge in [-0.25, -0.2) is 4.68 Å². The number of thioether (sulfide) groups is 1. The Morgan fingerprint density at radius 2 is 2.17 bits per heavy atom. The molecule has 4 rings (SSSR count). The number of rotatable bonds is 9. The highest BCUT2D eigenvalue weighted by Gasteiger charge is 2.12. The van der Waals surface area contributed by atoms with E-state index < -0.39 is 0 Å². The zero-order chi connectivity index (χ0) is 20.8. The van der Waals surface area contributed by atoms with Crippen LogP contribution in [0, 0.1) is 6.92 Å². The summed E-state index contributed by atoms with van der Waals surface area (Å²) >= 11 is 3.12. The Balaban J connectivity index is 1.31. The third-order valence-electron chi connectivity index (χ3n) is 4.49. The predicted molar refractivity (Wildman–Crippen MR) is 120 cm³/mol. The summed E-state index contributed by atoms with van der Waals surface area (Å²) in [6, 6.07) is 14.2. The minimum Gasteiger partial charge on any atom is -0.310 e. The molecule has 3 aromatic heterocycles. The normalized spacial score (nSPS) is 11.0. The van der Waals surface area contributed by atoms with Crippen molar-refractivity contribution in [3.05, 3.63) is 76.4 Å². The second-order valence-electron chi connectivity index (χ2n) is 6.84. The van der Waals surface area contributed by atoms with Crippen LogP contribution in [0.4, 0.5) is 5.82 Å². The smallest absolute Gasteiger partial charge is 0.235 e. The van der Waals surface area contributed by atoms with E-state index in [1.165, 1.54) is 22.2 Å². The Hall–Kier alpha value is -2.91. The number of nitrogens with one attached hydrogen (secondary N) is 1. The summed E-state index contributed by atoms with van der Waals surface area (Å²) in [4.78, 5) is 13.8. The van der Waals surface area contributed by atoms with E-state index in [9.17, 15) is 4.79 Å². The molecule has 1 N–H and O–H groups in total. The Morgan fingerprint density at radius 1 is 1.23 bits per heavy atom. The van der Waals surface area contributed by atoms with Crippen LogP contribution in [-0.2, 0) is 24.3 Å². The topological polar surface area (TPSA) is 77.6 Å². The molecule has 0 bridgehead atoms. The van der Waals surface area contributed by atoms with Crippen molar-refractivity contribution in [3.8, 4) is 0 Å². The second-order valence-corrected chi connectivity index (χ2v) is 8.81. The number of carbonyl (C=O) groups is 1. The van der Waals surface area contributed by atoms with E-state index in [2.05, 4.69) is 63.2 Å². The lowest BCUT2D eigenvalue weighted by Gasteiger charge is -2.10. The summed E-state index contributed by atoms with van der Waals surface area (Å²) in [7, 11) is 0. The number of hydrogen-bond donors (Lipinski definition) is 1. The fourth-order valence-electron chi connectivity index (χ4n) is 3.05. The lowest BCUT2D eigenvalue weighted by atomic mass is 10.1. The number of anilines is 1. The lowest BCUT2D eigenvalue weighted by Crippen LogP contribution is -2.18. The molecule has 0 atom stereocenters. The van der Waals surface area contributed by atoms with Crippen molar-refractivity contribution < 1.29 is 4.79 Å². The van der Waals surface area contributed by atoms with Crippen LogP contribution in [0.25, 0.3) is 0 Å². The number of carbonyl (C=O) groups excluding carboxylic acids is 1. The zero-order valence-electron chi connectivity index (χ0n) is 16.6. The zero-order valence-corrected chi connectivity index (χ0v) is 18.2. The average Bonchev–Trinajstić information content (AvgIpc) is 3.48. The first-order valence-corrected chi connectivity index (χ1v) is 11.4. The molecular formula is C21H22N6OS2. The van der Waals surface area contributed by atoms with Gasteiger partial charge < -0.3 is 9.88 Å².